The fraction of sp³-hybridized carbons (Fsp3) is 0. The molecule has 0 aliphatic carbocycles. The van der Waals surface area contributed by atoms with Crippen LogP contribution in [-0.2, 0) is 0 Å². The van der Waals surface area contributed by atoms with E-state index >= 15 is 0 Å². The van der Waals surface area contributed by atoms with Gasteiger partial charge in [-0.3, -0.25) is 4.79 Å². The number of hydrogen-bond acceptors (Lipinski definition) is 5. The molecule has 3 aromatic rings. The standard InChI is InChI=1S/C13H9N5O/c19-12(13-14-7-4-8-15-13)11-9-16-17-18(11)10-5-2-1-3-6-10/h1-9H. The topological polar surface area (TPSA) is 73.6 Å². The van der Waals surface area contributed by atoms with Crippen LogP contribution in [0.15, 0.2) is 55.0 Å². The second-order valence-corrected chi connectivity index (χ2v) is 3.77. The molecule has 1 aromatic carbocycles. The van der Waals surface area contributed by atoms with Gasteiger partial charge in [0.25, 0.3) is 0 Å². The predicted octanol–water partition coefficient (Wildman–Crippen LogP) is 1.29. The summed E-state index contributed by atoms with van der Waals surface area (Å²) in [5.41, 5.74) is 1.09. The van der Waals surface area contributed by atoms with Gasteiger partial charge in [0.15, 0.2) is 0 Å². The van der Waals surface area contributed by atoms with Crippen LogP contribution in [0.3, 0.4) is 0 Å². The highest BCUT2D eigenvalue weighted by Crippen LogP contribution is 2.11. The normalized spacial score (nSPS) is 10.3. The van der Waals surface area contributed by atoms with Crippen molar-refractivity contribution in [1.29, 1.82) is 0 Å². The van der Waals surface area contributed by atoms with Gasteiger partial charge < -0.3 is 0 Å². The lowest BCUT2D eigenvalue weighted by atomic mass is 10.2. The van der Waals surface area contributed by atoms with Crippen LogP contribution in [0.25, 0.3) is 5.69 Å². The van der Waals surface area contributed by atoms with E-state index in [2.05, 4.69) is 20.3 Å². The first-order valence-electron chi connectivity index (χ1n) is 5.64. The summed E-state index contributed by atoms with van der Waals surface area (Å²) in [7, 11) is 0. The van der Waals surface area contributed by atoms with Crippen LogP contribution in [0.1, 0.15) is 16.3 Å². The van der Waals surface area contributed by atoms with E-state index in [4.69, 9.17) is 0 Å². The Morgan fingerprint density at radius 3 is 2.47 bits per heavy atom. The van der Waals surface area contributed by atoms with Crippen molar-refractivity contribution >= 4 is 5.78 Å². The van der Waals surface area contributed by atoms with Gasteiger partial charge >= 0.3 is 0 Å². The molecular weight excluding hydrogens is 242 g/mol. The average Bonchev–Trinajstić information content (AvgIpc) is 2.98. The van der Waals surface area contributed by atoms with Gasteiger partial charge in [-0.25, -0.2) is 14.6 Å². The van der Waals surface area contributed by atoms with Gasteiger partial charge in [0.1, 0.15) is 5.69 Å². The Hall–Kier alpha value is -2.89. The van der Waals surface area contributed by atoms with Crippen LogP contribution in [0.2, 0.25) is 0 Å². The monoisotopic (exact) mass is 251 g/mol. The Morgan fingerprint density at radius 2 is 1.74 bits per heavy atom. The van der Waals surface area contributed by atoms with Gasteiger partial charge in [-0.15, -0.1) is 5.10 Å². The first kappa shape index (κ1) is 11.2. The van der Waals surface area contributed by atoms with Crippen molar-refractivity contribution in [3.05, 3.63) is 66.5 Å². The molecule has 0 spiro atoms. The molecule has 0 unspecified atom stereocenters. The summed E-state index contributed by atoms with van der Waals surface area (Å²) in [6, 6.07) is 11.0. The molecule has 0 N–H and O–H groups in total. The van der Waals surface area contributed by atoms with E-state index in [1.165, 1.54) is 23.3 Å². The van der Waals surface area contributed by atoms with Gasteiger partial charge in [-0.05, 0) is 18.2 Å². The van der Waals surface area contributed by atoms with Crippen molar-refractivity contribution in [2.45, 2.75) is 0 Å². The number of benzene rings is 1. The highest BCUT2D eigenvalue weighted by atomic mass is 16.1. The number of nitrogens with zero attached hydrogens (tertiary/aromatic N) is 5. The third kappa shape index (κ3) is 2.11. The minimum absolute atomic E-state index is 0.127. The molecule has 0 radical (unpaired) electrons. The highest BCUT2D eigenvalue weighted by Gasteiger charge is 2.18. The molecule has 0 fully saturated rings. The van der Waals surface area contributed by atoms with Crippen molar-refractivity contribution in [2.24, 2.45) is 0 Å². The first-order valence-corrected chi connectivity index (χ1v) is 5.64. The molecular formula is C13H9N5O. The number of hydrogen-bond donors (Lipinski definition) is 0. The Labute approximate surface area is 108 Å². The molecule has 0 saturated heterocycles. The van der Waals surface area contributed by atoms with Crippen molar-refractivity contribution in [3.8, 4) is 5.69 Å². The lowest BCUT2D eigenvalue weighted by Crippen LogP contribution is -2.12. The van der Waals surface area contributed by atoms with E-state index in [-0.39, 0.29) is 11.6 Å². The van der Waals surface area contributed by atoms with Gasteiger partial charge in [0.05, 0.1) is 11.9 Å². The van der Waals surface area contributed by atoms with Crippen LogP contribution >= 0.6 is 0 Å². The van der Waals surface area contributed by atoms with Crippen LogP contribution in [0.4, 0.5) is 0 Å². The number of aromatic nitrogens is 5. The molecule has 6 nitrogen and oxygen atoms in total. The summed E-state index contributed by atoms with van der Waals surface area (Å²) in [6.45, 7) is 0. The van der Waals surface area contributed by atoms with E-state index in [1.54, 1.807) is 6.07 Å². The van der Waals surface area contributed by atoms with Crippen LogP contribution < -0.4 is 0 Å². The van der Waals surface area contributed by atoms with Crippen molar-refractivity contribution in [2.75, 3.05) is 0 Å². The maximum absolute atomic E-state index is 12.3. The fourth-order valence-electron chi connectivity index (χ4n) is 1.68. The Morgan fingerprint density at radius 1 is 1.00 bits per heavy atom. The minimum Gasteiger partial charge on any atom is -0.283 e. The second kappa shape index (κ2) is 4.77. The van der Waals surface area contributed by atoms with Gasteiger partial charge in [-0.2, -0.15) is 0 Å². The number of rotatable bonds is 3. The summed E-state index contributed by atoms with van der Waals surface area (Å²) in [6.07, 6.45) is 4.46. The third-order valence-electron chi connectivity index (χ3n) is 2.55. The summed E-state index contributed by atoms with van der Waals surface area (Å²) in [5, 5.41) is 7.70. The molecule has 0 bridgehead atoms. The van der Waals surface area contributed by atoms with E-state index in [0.29, 0.717) is 5.69 Å². The maximum Gasteiger partial charge on any atom is 0.250 e. The van der Waals surface area contributed by atoms with Crippen molar-refractivity contribution < 1.29 is 4.79 Å². The molecule has 0 aliphatic rings. The molecule has 0 aliphatic heterocycles. The van der Waals surface area contributed by atoms with Crippen LogP contribution in [-0.4, -0.2) is 30.7 Å². The number of para-hydroxylation sites is 1. The molecule has 3 rings (SSSR count). The predicted molar refractivity (Wildman–Crippen MR) is 66.8 cm³/mol. The molecule has 19 heavy (non-hydrogen) atoms. The van der Waals surface area contributed by atoms with Crippen molar-refractivity contribution in [1.82, 2.24) is 25.0 Å². The summed E-state index contributed by atoms with van der Waals surface area (Å²) in [4.78, 5) is 20.2. The van der Waals surface area contributed by atoms with Crippen molar-refractivity contribution in [3.63, 3.8) is 0 Å². The molecule has 2 heterocycles. The first-order chi connectivity index (χ1) is 9.36. The largest absolute Gasteiger partial charge is 0.283 e. The zero-order chi connectivity index (χ0) is 13.1. The Balaban J connectivity index is 2.04. The van der Waals surface area contributed by atoms with Gasteiger partial charge in [0, 0.05) is 12.4 Å². The smallest absolute Gasteiger partial charge is 0.250 e. The quantitative estimate of drug-likeness (QED) is 0.656. The lowest BCUT2D eigenvalue weighted by Gasteiger charge is -2.03. The Kier molecular flexibility index (Phi) is 2.82. The zero-order valence-corrected chi connectivity index (χ0v) is 9.84. The molecule has 0 atom stereocenters. The van der Waals surface area contributed by atoms with E-state index in [0.717, 1.165) is 5.69 Å². The SMILES string of the molecule is O=C(c1ncccn1)c1cnnn1-c1ccccc1. The third-order valence-corrected chi connectivity index (χ3v) is 2.55. The summed E-state index contributed by atoms with van der Waals surface area (Å²) < 4.78 is 1.47. The summed E-state index contributed by atoms with van der Waals surface area (Å²) >= 11 is 0. The van der Waals surface area contributed by atoms with Gasteiger partial charge in [0.2, 0.25) is 11.6 Å². The van der Waals surface area contributed by atoms with E-state index in [9.17, 15) is 4.79 Å². The number of ketones is 1. The fourth-order valence-corrected chi connectivity index (χ4v) is 1.68. The molecule has 0 saturated carbocycles. The van der Waals surface area contributed by atoms with E-state index < -0.39 is 0 Å². The number of carbonyl (C=O) groups is 1. The highest BCUT2D eigenvalue weighted by molar-refractivity contribution is 6.05. The van der Waals surface area contributed by atoms with Crippen LogP contribution in [0, 0.1) is 0 Å². The second-order valence-electron chi connectivity index (χ2n) is 3.77. The number of carbonyl (C=O) groups excluding carboxylic acids is 1. The zero-order valence-electron chi connectivity index (χ0n) is 9.84. The average molecular weight is 251 g/mol. The molecule has 92 valence electrons. The minimum atomic E-state index is -0.311. The van der Waals surface area contributed by atoms with Crippen LogP contribution in [0.5, 0.6) is 0 Å². The molecule has 0 amide bonds. The maximum atomic E-state index is 12.3. The van der Waals surface area contributed by atoms with E-state index in [1.807, 2.05) is 30.3 Å². The lowest BCUT2D eigenvalue weighted by molar-refractivity contribution is 0.102. The molecule has 2 aromatic heterocycles. The Bertz CT molecular complexity index is 693. The van der Waals surface area contributed by atoms with Gasteiger partial charge in [-0.1, -0.05) is 23.4 Å². The molecule has 6 heteroatoms. The summed E-state index contributed by atoms with van der Waals surface area (Å²) in [5.74, 6) is -0.184.